The molecule has 2 aliphatic rings. The second-order valence-corrected chi connectivity index (χ2v) is 7.10. The molecule has 5 N–H and O–H groups in total. The van der Waals surface area contributed by atoms with Crippen molar-refractivity contribution in [1.82, 2.24) is 0 Å². The molecule has 136 valence electrons. The highest BCUT2D eigenvalue weighted by molar-refractivity contribution is 6.21. The Morgan fingerprint density at radius 2 is 1.74 bits per heavy atom. The minimum absolute atomic E-state index is 0.0972. The fourth-order valence-electron chi connectivity index (χ4n) is 3.05. The third-order valence-electron chi connectivity index (χ3n) is 4.53. The molecule has 0 amide bonds. The van der Waals surface area contributed by atoms with Crippen LogP contribution in [0.2, 0.25) is 0 Å². The van der Waals surface area contributed by atoms with E-state index in [-0.39, 0.29) is 18.2 Å². The molecule has 1 saturated heterocycles. The number of hydrogen-bond acceptors (Lipinski definition) is 7. The van der Waals surface area contributed by atoms with E-state index in [9.17, 15) is 25.5 Å². The van der Waals surface area contributed by atoms with E-state index in [0.717, 1.165) is 0 Å². The zero-order valence-electron chi connectivity index (χ0n) is 12.1. The summed E-state index contributed by atoms with van der Waals surface area (Å²) in [5, 5.41) is 48.6. The first kappa shape index (κ1) is 19.9. The first-order chi connectivity index (χ1) is 10.8. The average molecular weight is 396 g/mol. The first-order valence-electron chi connectivity index (χ1n) is 7.23. The van der Waals surface area contributed by atoms with Crippen LogP contribution < -0.4 is 0 Å². The number of hydrogen-bond donors (Lipinski definition) is 5. The van der Waals surface area contributed by atoms with Gasteiger partial charge in [-0.05, 0) is 6.42 Å². The summed E-state index contributed by atoms with van der Waals surface area (Å²) in [7, 11) is 0. The van der Waals surface area contributed by atoms with Crippen LogP contribution in [-0.2, 0) is 9.47 Å². The van der Waals surface area contributed by atoms with Crippen molar-refractivity contribution in [3.63, 3.8) is 0 Å². The molecule has 7 nitrogen and oxygen atoms in total. The fourth-order valence-corrected chi connectivity index (χ4v) is 3.96. The quantitative estimate of drug-likeness (QED) is 0.379. The molecular formula is C13H21Cl3O7. The maximum absolute atomic E-state index is 10.3. The van der Waals surface area contributed by atoms with Crippen molar-refractivity contribution in [3.05, 3.63) is 0 Å². The maximum Gasteiger partial charge on any atom is 0.187 e. The Hall–Kier alpha value is 0.590. The van der Waals surface area contributed by atoms with Gasteiger partial charge in [0.05, 0.1) is 24.0 Å². The Balaban J connectivity index is 2.18. The topological polar surface area (TPSA) is 120 Å². The van der Waals surface area contributed by atoms with E-state index in [1.54, 1.807) is 0 Å². The predicted molar refractivity (Wildman–Crippen MR) is 82.8 cm³/mol. The normalized spacial score (nSPS) is 51.1. The lowest BCUT2D eigenvalue weighted by molar-refractivity contribution is -0.309. The summed E-state index contributed by atoms with van der Waals surface area (Å²) in [4.78, 5) is 0. The van der Waals surface area contributed by atoms with Gasteiger partial charge in [0.1, 0.15) is 30.0 Å². The van der Waals surface area contributed by atoms with Gasteiger partial charge in [-0.3, -0.25) is 0 Å². The second-order valence-electron chi connectivity index (χ2n) is 6.02. The number of rotatable bonds is 5. The van der Waals surface area contributed by atoms with Crippen LogP contribution in [0.1, 0.15) is 6.42 Å². The number of halogens is 3. The van der Waals surface area contributed by atoms with Gasteiger partial charge < -0.3 is 35.0 Å². The van der Waals surface area contributed by atoms with Crippen molar-refractivity contribution in [3.8, 4) is 0 Å². The average Bonchev–Trinajstić information content (AvgIpc) is 2.80. The highest BCUT2D eigenvalue weighted by atomic mass is 35.5. The van der Waals surface area contributed by atoms with Crippen molar-refractivity contribution in [2.75, 3.05) is 18.4 Å². The molecule has 10 heteroatoms. The van der Waals surface area contributed by atoms with E-state index in [2.05, 4.69) is 0 Å². The summed E-state index contributed by atoms with van der Waals surface area (Å²) >= 11 is 17.6. The lowest BCUT2D eigenvalue weighted by Gasteiger charge is -2.43. The van der Waals surface area contributed by atoms with Crippen molar-refractivity contribution in [2.45, 2.75) is 54.2 Å². The van der Waals surface area contributed by atoms with Crippen LogP contribution in [-0.4, -0.2) is 91.7 Å². The van der Waals surface area contributed by atoms with Crippen LogP contribution >= 0.6 is 34.8 Å². The molecule has 0 bridgehead atoms. The zero-order chi connectivity index (χ0) is 17.4. The minimum Gasteiger partial charge on any atom is -0.394 e. The molecule has 0 spiro atoms. The molecule has 2 fully saturated rings. The standard InChI is InChI=1S/C13H21Cl3O7/c14-2-5-1-13(4-15,11(21)8(5)18)23-12-10(20)9(19)7(16)6(3-17)22-12/h5-12,17-21H,1-4H2/t5-,6?,7+,8?,9-,10?,11-,12+,13+/m1/s1. The van der Waals surface area contributed by atoms with Crippen molar-refractivity contribution >= 4 is 34.8 Å². The third-order valence-corrected chi connectivity index (χ3v) is 5.92. The summed E-state index contributed by atoms with van der Waals surface area (Å²) in [6.07, 6.45) is -7.54. The van der Waals surface area contributed by atoms with Gasteiger partial charge in [0.25, 0.3) is 0 Å². The monoisotopic (exact) mass is 394 g/mol. The summed E-state index contributed by atoms with van der Waals surface area (Å²) in [6, 6.07) is 0. The predicted octanol–water partition coefficient (Wildman–Crippen LogP) is -0.993. The van der Waals surface area contributed by atoms with Gasteiger partial charge in [0, 0.05) is 11.8 Å². The molecular weight excluding hydrogens is 374 g/mol. The van der Waals surface area contributed by atoms with Gasteiger partial charge in [0.15, 0.2) is 6.29 Å². The Morgan fingerprint density at radius 1 is 1.09 bits per heavy atom. The maximum atomic E-state index is 10.3. The van der Waals surface area contributed by atoms with E-state index in [1.165, 1.54) is 0 Å². The van der Waals surface area contributed by atoms with E-state index in [4.69, 9.17) is 44.3 Å². The molecule has 9 atom stereocenters. The van der Waals surface area contributed by atoms with Gasteiger partial charge in [-0.1, -0.05) is 0 Å². The molecule has 3 unspecified atom stereocenters. The van der Waals surface area contributed by atoms with Gasteiger partial charge in [-0.25, -0.2) is 0 Å². The van der Waals surface area contributed by atoms with E-state index < -0.39 is 60.3 Å². The molecule has 0 radical (unpaired) electrons. The molecule has 2 rings (SSSR count). The van der Waals surface area contributed by atoms with E-state index in [1.807, 2.05) is 0 Å². The summed E-state index contributed by atoms with van der Waals surface area (Å²) in [6.45, 7) is -0.485. The lowest BCUT2D eigenvalue weighted by Crippen LogP contribution is -2.60. The van der Waals surface area contributed by atoms with Crippen LogP contribution in [0.4, 0.5) is 0 Å². The molecule has 0 aromatic heterocycles. The largest absolute Gasteiger partial charge is 0.394 e. The molecule has 23 heavy (non-hydrogen) atoms. The summed E-state index contributed by atoms with van der Waals surface area (Å²) < 4.78 is 11.0. The Labute approximate surface area is 148 Å². The number of aliphatic hydroxyl groups excluding tert-OH is 5. The Kier molecular flexibility index (Phi) is 6.81. The lowest BCUT2D eigenvalue weighted by atomic mass is 9.98. The molecule has 1 heterocycles. The fraction of sp³-hybridized carbons (Fsp3) is 1.00. The van der Waals surface area contributed by atoms with Crippen LogP contribution in [0, 0.1) is 5.92 Å². The first-order valence-corrected chi connectivity index (χ1v) is 8.74. The Bertz CT molecular complexity index is 402. The van der Waals surface area contributed by atoms with Crippen LogP contribution in [0.5, 0.6) is 0 Å². The van der Waals surface area contributed by atoms with E-state index >= 15 is 0 Å². The highest BCUT2D eigenvalue weighted by Gasteiger charge is 2.56. The van der Waals surface area contributed by atoms with Gasteiger partial charge in [-0.2, -0.15) is 0 Å². The zero-order valence-corrected chi connectivity index (χ0v) is 14.4. The third kappa shape index (κ3) is 3.60. The number of ether oxygens (including phenoxy) is 2. The van der Waals surface area contributed by atoms with Crippen LogP contribution in [0.3, 0.4) is 0 Å². The van der Waals surface area contributed by atoms with Crippen LogP contribution in [0.15, 0.2) is 0 Å². The van der Waals surface area contributed by atoms with Crippen molar-refractivity contribution < 1.29 is 35.0 Å². The summed E-state index contributed by atoms with van der Waals surface area (Å²) in [5.41, 5.74) is -1.40. The minimum atomic E-state index is -1.50. The van der Waals surface area contributed by atoms with E-state index in [0.29, 0.717) is 0 Å². The SMILES string of the molecule is OCC1O[C@@H](O[C@]2(CCl)C[C@H](CCl)C(O)[C@H]2O)C(O)[C@H](O)[C@H]1Cl. The molecule has 0 aromatic carbocycles. The number of alkyl halides is 3. The molecule has 1 saturated carbocycles. The smallest absolute Gasteiger partial charge is 0.187 e. The van der Waals surface area contributed by atoms with Crippen molar-refractivity contribution in [2.24, 2.45) is 5.92 Å². The molecule has 0 aromatic rings. The second kappa shape index (κ2) is 7.86. The highest BCUT2D eigenvalue weighted by Crippen LogP contribution is 2.42. The Morgan fingerprint density at radius 3 is 2.22 bits per heavy atom. The molecule has 1 aliphatic heterocycles. The van der Waals surface area contributed by atoms with Gasteiger partial charge in [-0.15, -0.1) is 34.8 Å². The molecule has 1 aliphatic carbocycles. The van der Waals surface area contributed by atoms with Gasteiger partial charge >= 0.3 is 0 Å². The van der Waals surface area contributed by atoms with Crippen LogP contribution in [0.25, 0.3) is 0 Å². The number of aliphatic hydroxyl groups is 5. The van der Waals surface area contributed by atoms with Crippen molar-refractivity contribution in [1.29, 1.82) is 0 Å². The van der Waals surface area contributed by atoms with Gasteiger partial charge in [0.2, 0.25) is 0 Å². The summed E-state index contributed by atoms with van der Waals surface area (Å²) in [5.74, 6) is -0.527.